The minimum Gasteiger partial charge on any atom is -0.488 e. The molecule has 0 saturated heterocycles. The van der Waals surface area contributed by atoms with E-state index in [1.54, 1.807) is 11.8 Å². The van der Waals surface area contributed by atoms with E-state index in [1.807, 2.05) is 12.3 Å². The number of fused-ring (bicyclic) bond motifs is 1. The molecule has 2 aromatic carbocycles. The summed E-state index contributed by atoms with van der Waals surface area (Å²) in [5, 5.41) is 2.93. The van der Waals surface area contributed by atoms with Crippen LogP contribution in [0.4, 0.5) is 0 Å². The van der Waals surface area contributed by atoms with Crippen LogP contribution in [0.3, 0.4) is 0 Å². The van der Waals surface area contributed by atoms with Crippen LogP contribution in [0.1, 0.15) is 5.56 Å². The first kappa shape index (κ1) is 17.2. The molecular formula is C19H21NO2S2. The van der Waals surface area contributed by atoms with E-state index in [0.717, 1.165) is 12.2 Å². The highest BCUT2D eigenvalue weighted by Crippen LogP contribution is 2.33. The monoisotopic (exact) mass is 359 g/mol. The Hall–Kier alpha value is -1.59. The molecular weight excluding hydrogens is 338 g/mol. The van der Waals surface area contributed by atoms with Gasteiger partial charge in [-0.3, -0.25) is 4.79 Å². The highest BCUT2D eigenvalue weighted by atomic mass is 32.2. The van der Waals surface area contributed by atoms with Gasteiger partial charge < -0.3 is 10.1 Å². The number of hydrogen-bond acceptors (Lipinski definition) is 4. The second-order valence-electron chi connectivity index (χ2n) is 5.73. The molecule has 0 radical (unpaired) electrons. The summed E-state index contributed by atoms with van der Waals surface area (Å²) in [5.41, 5.74) is 3.63. The average molecular weight is 360 g/mol. The van der Waals surface area contributed by atoms with Crippen molar-refractivity contribution >= 4 is 29.4 Å². The molecule has 1 aliphatic rings. The van der Waals surface area contributed by atoms with Crippen LogP contribution in [0.2, 0.25) is 0 Å². The summed E-state index contributed by atoms with van der Waals surface area (Å²) >= 11 is 3.28. The Morgan fingerprint density at radius 2 is 1.92 bits per heavy atom. The molecule has 1 amide bonds. The smallest absolute Gasteiger partial charge is 0.230 e. The van der Waals surface area contributed by atoms with Crippen molar-refractivity contribution in [1.29, 1.82) is 0 Å². The SMILES string of the molecule is CSCC(=O)NC[C@@H]1Cc2cc(-c3ccc(SC)cc3)ccc2O1. The number of ether oxygens (including phenoxy) is 1. The second kappa shape index (κ2) is 7.99. The lowest BCUT2D eigenvalue weighted by Crippen LogP contribution is -2.35. The van der Waals surface area contributed by atoms with Crippen molar-refractivity contribution in [2.45, 2.75) is 17.4 Å². The molecule has 2 aromatic rings. The van der Waals surface area contributed by atoms with Gasteiger partial charge in [0.15, 0.2) is 0 Å². The van der Waals surface area contributed by atoms with E-state index in [4.69, 9.17) is 4.74 Å². The Bertz CT molecular complexity index is 716. The largest absolute Gasteiger partial charge is 0.488 e. The molecule has 0 saturated carbocycles. The van der Waals surface area contributed by atoms with Crippen LogP contribution in [0.15, 0.2) is 47.4 Å². The van der Waals surface area contributed by atoms with E-state index in [0.29, 0.717) is 12.3 Å². The molecule has 3 nitrogen and oxygen atoms in total. The van der Waals surface area contributed by atoms with Crippen molar-refractivity contribution in [2.24, 2.45) is 0 Å². The van der Waals surface area contributed by atoms with E-state index in [-0.39, 0.29) is 12.0 Å². The topological polar surface area (TPSA) is 38.3 Å². The van der Waals surface area contributed by atoms with Crippen LogP contribution >= 0.6 is 23.5 Å². The highest BCUT2D eigenvalue weighted by Gasteiger charge is 2.23. The molecule has 0 aromatic heterocycles. The molecule has 0 aliphatic carbocycles. The number of hydrogen-bond donors (Lipinski definition) is 1. The molecule has 5 heteroatoms. The van der Waals surface area contributed by atoms with E-state index in [9.17, 15) is 4.79 Å². The maximum absolute atomic E-state index is 11.6. The first-order valence-electron chi connectivity index (χ1n) is 7.89. The standard InChI is InChI=1S/C19H21NO2S2/c1-23-12-19(21)20-11-16-10-15-9-14(5-8-18(15)22-16)13-3-6-17(24-2)7-4-13/h3-9,16H,10-12H2,1-2H3,(H,20,21)/t16-/m0/s1. The summed E-state index contributed by atoms with van der Waals surface area (Å²) in [7, 11) is 0. The number of carbonyl (C=O) groups excluding carboxylic acids is 1. The van der Waals surface area contributed by atoms with Crippen molar-refractivity contribution in [3.05, 3.63) is 48.0 Å². The van der Waals surface area contributed by atoms with Gasteiger partial charge in [-0.05, 0) is 53.5 Å². The minimum absolute atomic E-state index is 0.0277. The average Bonchev–Trinajstić information content (AvgIpc) is 3.02. The number of rotatable bonds is 6. The quantitative estimate of drug-likeness (QED) is 0.795. The van der Waals surface area contributed by atoms with Crippen LogP contribution in [0, 0.1) is 0 Å². The second-order valence-corrected chi connectivity index (χ2v) is 7.48. The van der Waals surface area contributed by atoms with Gasteiger partial charge in [0.2, 0.25) is 5.91 Å². The van der Waals surface area contributed by atoms with Gasteiger partial charge >= 0.3 is 0 Å². The molecule has 0 unspecified atom stereocenters. The van der Waals surface area contributed by atoms with Crippen LogP contribution in [-0.4, -0.2) is 36.8 Å². The number of nitrogens with one attached hydrogen (secondary N) is 1. The van der Waals surface area contributed by atoms with Crippen molar-refractivity contribution in [3.8, 4) is 16.9 Å². The fourth-order valence-corrected chi connectivity index (χ4v) is 3.58. The first-order chi connectivity index (χ1) is 11.7. The van der Waals surface area contributed by atoms with E-state index in [1.165, 1.54) is 33.3 Å². The van der Waals surface area contributed by atoms with Gasteiger partial charge in [0, 0.05) is 11.3 Å². The molecule has 1 heterocycles. The third kappa shape index (κ3) is 4.08. The molecule has 0 bridgehead atoms. The third-order valence-corrected chi connectivity index (χ3v) is 5.32. The maximum atomic E-state index is 11.6. The predicted octanol–water partition coefficient (Wildman–Crippen LogP) is 3.86. The van der Waals surface area contributed by atoms with Gasteiger partial charge in [0.25, 0.3) is 0 Å². The van der Waals surface area contributed by atoms with Gasteiger partial charge in [-0.2, -0.15) is 11.8 Å². The Morgan fingerprint density at radius 3 is 2.62 bits per heavy atom. The summed E-state index contributed by atoms with van der Waals surface area (Å²) in [5.74, 6) is 1.50. The molecule has 0 fully saturated rings. The highest BCUT2D eigenvalue weighted by molar-refractivity contribution is 7.99. The third-order valence-electron chi connectivity index (χ3n) is 4.03. The van der Waals surface area contributed by atoms with E-state index >= 15 is 0 Å². The zero-order chi connectivity index (χ0) is 16.9. The number of benzene rings is 2. The van der Waals surface area contributed by atoms with Crippen LogP contribution in [0.25, 0.3) is 11.1 Å². The van der Waals surface area contributed by atoms with Crippen LogP contribution < -0.4 is 10.1 Å². The molecule has 126 valence electrons. The van der Waals surface area contributed by atoms with Crippen molar-refractivity contribution in [1.82, 2.24) is 5.32 Å². The van der Waals surface area contributed by atoms with E-state index < -0.39 is 0 Å². The Labute approximate surface area is 151 Å². The number of amides is 1. The molecule has 1 atom stereocenters. The van der Waals surface area contributed by atoms with E-state index in [2.05, 4.69) is 48.0 Å². The lowest BCUT2D eigenvalue weighted by molar-refractivity contribution is -0.118. The fraction of sp³-hybridized carbons (Fsp3) is 0.316. The zero-order valence-corrected chi connectivity index (χ0v) is 15.5. The lowest BCUT2D eigenvalue weighted by Gasteiger charge is -2.11. The first-order valence-corrected chi connectivity index (χ1v) is 10.5. The summed E-state index contributed by atoms with van der Waals surface area (Å²) in [6.45, 7) is 0.561. The normalized spacial score (nSPS) is 15.7. The fourth-order valence-electron chi connectivity index (χ4n) is 2.81. The minimum atomic E-state index is 0.0277. The Morgan fingerprint density at radius 1 is 1.17 bits per heavy atom. The Balaban J connectivity index is 1.66. The van der Waals surface area contributed by atoms with Crippen LogP contribution in [-0.2, 0) is 11.2 Å². The Kier molecular flexibility index (Phi) is 5.74. The van der Waals surface area contributed by atoms with Crippen molar-refractivity contribution < 1.29 is 9.53 Å². The van der Waals surface area contributed by atoms with Gasteiger partial charge in [-0.1, -0.05) is 18.2 Å². The summed E-state index contributed by atoms with van der Waals surface area (Å²) in [4.78, 5) is 12.8. The molecule has 0 spiro atoms. The van der Waals surface area contributed by atoms with Gasteiger partial charge in [0.1, 0.15) is 11.9 Å². The van der Waals surface area contributed by atoms with Crippen molar-refractivity contribution in [3.63, 3.8) is 0 Å². The molecule has 1 aliphatic heterocycles. The molecule has 1 N–H and O–H groups in total. The van der Waals surface area contributed by atoms with Crippen LogP contribution in [0.5, 0.6) is 5.75 Å². The summed E-state index contributed by atoms with van der Waals surface area (Å²) in [6, 6.07) is 14.9. The predicted molar refractivity (Wildman–Crippen MR) is 103 cm³/mol. The van der Waals surface area contributed by atoms with Crippen molar-refractivity contribution in [2.75, 3.05) is 24.8 Å². The number of carbonyl (C=O) groups is 1. The zero-order valence-electron chi connectivity index (χ0n) is 13.9. The van der Waals surface area contributed by atoms with Gasteiger partial charge in [-0.15, -0.1) is 11.8 Å². The maximum Gasteiger partial charge on any atom is 0.230 e. The number of thioether (sulfide) groups is 2. The van der Waals surface area contributed by atoms with Gasteiger partial charge in [-0.25, -0.2) is 0 Å². The molecule has 24 heavy (non-hydrogen) atoms. The lowest BCUT2D eigenvalue weighted by atomic mass is 10.0. The summed E-state index contributed by atoms with van der Waals surface area (Å²) < 4.78 is 5.94. The molecule has 3 rings (SSSR count). The summed E-state index contributed by atoms with van der Waals surface area (Å²) in [6.07, 6.45) is 4.88. The van der Waals surface area contributed by atoms with Gasteiger partial charge in [0.05, 0.1) is 12.3 Å².